The summed E-state index contributed by atoms with van der Waals surface area (Å²) >= 11 is 0. The van der Waals surface area contributed by atoms with E-state index in [-0.39, 0.29) is 30.6 Å². The summed E-state index contributed by atoms with van der Waals surface area (Å²) in [5.74, 6) is -0.186. The van der Waals surface area contributed by atoms with Gasteiger partial charge in [0, 0.05) is 6.04 Å². The molecule has 0 bridgehead atoms. The van der Waals surface area contributed by atoms with E-state index in [1.807, 2.05) is 30.3 Å². The monoisotopic (exact) mass is 391 g/mol. The van der Waals surface area contributed by atoms with E-state index in [0.717, 1.165) is 31.2 Å². The molecular formula is C23H25N3O3. The molecule has 29 heavy (non-hydrogen) atoms. The predicted molar refractivity (Wildman–Crippen MR) is 113 cm³/mol. The lowest BCUT2D eigenvalue weighted by Gasteiger charge is -2.23. The van der Waals surface area contributed by atoms with Gasteiger partial charge in [0.15, 0.2) is 0 Å². The molecule has 0 saturated heterocycles. The average Bonchev–Trinajstić information content (AvgIpc) is 2.75. The maximum absolute atomic E-state index is 13.2. The van der Waals surface area contributed by atoms with Crippen molar-refractivity contribution in [3.63, 3.8) is 0 Å². The zero-order chi connectivity index (χ0) is 20.2. The van der Waals surface area contributed by atoms with Crippen LogP contribution in [0, 0.1) is 0 Å². The maximum atomic E-state index is 13.2. The van der Waals surface area contributed by atoms with Crippen molar-refractivity contribution in [2.75, 3.05) is 0 Å². The van der Waals surface area contributed by atoms with E-state index in [9.17, 15) is 14.4 Å². The van der Waals surface area contributed by atoms with Gasteiger partial charge in [0.05, 0.1) is 17.4 Å². The maximum Gasteiger partial charge on any atom is 0.332 e. The van der Waals surface area contributed by atoms with Gasteiger partial charge in [-0.25, -0.2) is 4.79 Å². The SMILES string of the molecule is O=C(Cn1c(=O)n(Cc2ccccc2)c(=O)c2ccccc21)NC1CCCCC1. The van der Waals surface area contributed by atoms with Crippen LogP contribution in [-0.4, -0.2) is 21.1 Å². The van der Waals surface area contributed by atoms with Crippen LogP contribution in [-0.2, 0) is 17.9 Å². The minimum absolute atomic E-state index is 0.0923. The second-order valence-electron chi connectivity index (χ2n) is 7.67. The predicted octanol–water partition coefficient (Wildman–Crippen LogP) is 2.66. The summed E-state index contributed by atoms with van der Waals surface area (Å²) in [7, 11) is 0. The number of nitrogens with zero attached hydrogens (tertiary/aromatic N) is 2. The van der Waals surface area contributed by atoms with E-state index in [4.69, 9.17) is 0 Å². The van der Waals surface area contributed by atoms with E-state index >= 15 is 0 Å². The standard InChI is InChI=1S/C23H25N3O3/c27-21(24-18-11-5-2-6-12-18)16-25-20-14-8-7-13-19(20)22(28)26(23(25)29)15-17-9-3-1-4-10-17/h1,3-4,7-10,13-14,18H,2,5-6,11-12,15-16H2,(H,24,27). The number of rotatable bonds is 5. The lowest BCUT2D eigenvalue weighted by Crippen LogP contribution is -2.44. The van der Waals surface area contributed by atoms with E-state index in [1.165, 1.54) is 15.6 Å². The van der Waals surface area contributed by atoms with Gasteiger partial charge in [-0.05, 0) is 30.5 Å². The fourth-order valence-electron chi connectivity index (χ4n) is 4.09. The molecule has 1 N–H and O–H groups in total. The summed E-state index contributed by atoms with van der Waals surface area (Å²) in [6, 6.07) is 16.5. The summed E-state index contributed by atoms with van der Waals surface area (Å²) in [6.45, 7) is 0.0818. The molecule has 1 aliphatic carbocycles. The average molecular weight is 391 g/mol. The van der Waals surface area contributed by atoms with Gasteiger partial charge in [-0.2, -0.15) is 0 Å². The molecule has 1 saturated carbocycles. The first-order chi connectivity index (χ1) is 14.1. The van der Waals surface area contributed by atoms with Gasteiger partial charge in [-0.15, -0.1) is 0 Å². The third-order valence-electron chi connectivity index (χ3n) is 5.59. The van der Waals surface area contributed by atoms with Gasteiger partial charge in [0.25, 0.3) is 5.56 Å². The topological polar surface area (TPSA) is 73.1 Å². The van der Waals surface area contributed by atoms with Gasteiger partial charge in [0.1, 0.15) is 6.54 Å². The smallest absolute Gasteiger partial charge is 0.332 e. The summed E-state index contributed by atoms with van der Waals surface area (Å²) in [4.78, 5) is 38.8. The number of hydrogen-bond acceptors (Lipinski definition) is 3. The van der Waals surface area contributed by atoms with Crippen LogP contribution < -0.4 is 16.6 Å². The summed E-state index contributed by atoms with van der Waals surface area (Å²) < 4.78 is 2.63. The molecular weight excluding hydrogens is 366 g/mol. The highest BCUT2D eigenvalue weighted by atomic mass is 16.2. The Hall–Kier alpha value is -3.15. The van der Waals surface area contributed by atoms with Crippen LogP contribution in [0.25, 0.3) is 10.9 Å². The van der Waals surface area contributed by atoms with E-state index < -0.39 is 5.69 Å². The van der Waals surface area contributed by atoms with Crippen molar-refractivity contribution in [2.45, 2.75) is 51.2 Å². The second-order valence-corrected chi connectivity index (χ2v) is 7.67. The third kappa shape index (κ3) is 4.16. The number of fused-ring (bicyclic) bond motifs is 1. The van der Waals surface area contributed by atoms with E-state index in [1.54, 1.807) is 24.3 Å². The molecule has 0 spiro atoms. The molecule has 1 fully saturated rings. The molecule has 0 unspecified atom stereocenters. The van der Waals surface area contributed by atoms with Crippen LogP contribution in [0.1, 0.15) is 37.7 Å². The van der Waals surface area contributed by atoms with Crippen molar-refractivity contribution >= 4 is 16.8 Å². The Kier molecular flexibility index (Phi) is 5.60. The lowest BCUT2D eigenvalue weighted by molar-refractivity contribution is -0.122. The zero-order valence-electron chi connectivity index (χ0n) is 16.3. The van der Waals surface area contributed by atoms with Crippen molar-refractivity contribution in [3.05, 3.63) is 81.0 Å². The minimum Gasteiger partial charge on any atom is -0.352 e. The van der Waals surface area contributed by atoms with Crippen LogP contribution in [0.15, 0.2) is 64.2 Å². The summed E-state index contributed by atoms with van der Waals surface area (Å²) in [6.07, 6.45) is 5.41. The zero-order valence-corrected chi connectivity index (χ0v) is 16.3. The third-order valence-corrected chi connectivity index (χ3v) is 5.59. The Labute approximate surface area is 168 Å². The Balaban J connectivity index is 1.71. The molecule has 3 aromatic rings. The first-order valence-corrected chi connectivity index (χ1v) is 10.2. The van der Waals surface area contributed by atoms with Crippen LogP contribution in [0.2, 0.25) is 0 Å². The number of hydrogen-bond donors (Lipinski definition) is 1. The van der Waals surface area contributed by atoms with Crippen LogP contribution >= 0.6 is 0 Å². The van der Waals surface area contributed by atoms with Gasteiger partial charge >= 0.3 is 5.69 Å². The van der Waals surface area contributed by atoms with Gasteiger partial charge in [-0.1, -0.05) is 61.7 Å². The molecule has 0 atom stereocenters. The highest BCUT2D eigenvalue weighted by Gasteiger charge is 2.19. The van der Waals surface area contributed by atoms with Gasteiger partial charge < -0.3 is 5.32 Å². The molecule has 6 nitrogen and oxygen atoms in total. The fraction of sp³-hybridized carbons (Fsp3) is 0.348. The molecule has 0 aliphatic heterocycles. The van der Waals surface area contributed by atoms with Crippen molar-refractivity contribution in [3.8, 4) is 0 Å². The molecule has 150 valence electrons. The van der Waals surface area contributed by atoms with Crippen LogP contribution in [0.5, 0.6) is 0 Å². The number of carbonyl (C=O) groups excluding carboxylic acids is 1. The number of aromatic nitrogens is 2. The highest BCUT2D eigenvalue weighted by molar-refractivity contribution is 5.81. The van der Waals surface area contributed by atoms with Crippen molar-refractivity contribution in [1.29, 1.82) is 0 Å². The Morgan fingerprint density at radius 3 is 2.34 bits per heavy atom. The number of para-hydroxylation sites is 1. The summed E-state index contributed by atoms with van der Waals surface area (Å²) in [5.41, 5.74) is 0.556. The normalized spacial score (nSPS) is 14.8. The first kappa shape index (κ1) is 19.2. The van der Waals surface area contributed by atoms with Crippen LogP contribution in [0.4, 0.5) is 0 Å². The molecule has 4 rings (SSSR count). The van der Waals surface area contributed by atoms with Gasteiger partial charge in [0.2, 0.25) is 5.91 Å². The van der Waals surface area contributed by atoms with E-state index in [2.05, 4.69) is 5.32 Å². The molecule has 6 heteroatoms. The number of amides is 1. The van der Waals surface area contributed by atoms with E-state index in [0.29, 0.717) is 10.9 Å². The fourth-order valence-corrected chi connectivity index (χ4v) is 4.09. The number of nitrogens with one attached hydrogen (secondary N) is 1. The highest BCUT2D eigenvalue weighted by Crippen LogP contribution is 2.17. The molecule has 1 heterocycles. The Bertz CT molecular complexity index is 1130. The summed E-state index contributed by atoms with van der Waals surface area (Å²) in [5, 5.41) is 3.50. The van der Waals surface area contributed by atoms with Crippen molar-refractivity contribution in [2.24, 2.45) is 0 Å². The largest absolute Gasteiger partial charge is 0.352 e. The Morgan fingerprint density at radius 2 is 1.59 bits per heavy atom. The minimum atomic E-state index is -0.462. The van der Waals surface area contributed by atoms with Gasteiger partial charge in [-0.3, -0.25) is 18.7 Å². The molecule has 1 aliphatic rings. The van der Waals surface area contributed by atoms with Crippen molar-refractivity contribution < 1.29 is 4.79 Å². The van der Waals surface area contributed by atoms with Crippen LogP contribution in [0.3, 0.4) is 0 Å². The molecule has 0 radical (unpaired) electrons. The molecule has 2 aromatic carbocycles. The first-order valence-electron chi connectivity index (χ1n) is 10.2. The lowest BCUT2D eigenvalue weighted by atomic mass is 9.95. The molecule has 1 amide bonds. The quantitative estimate of drug-likeness (QED) is 0.727. The van der Waals surface area contributed by atoms with Crippen molar-refractivity contribution in [1.82, 2.24) is 14.5 Å². The number of benzene rings is 2. The second kappa shape index (κ2) is 8.47. The number of carbonyl (C=O) groups is 1. The molecule has 1 aromatic heterocycles. The Morgan fingerprint density at radius 1 is 0.897 bits per heavy atom.